The van der Waals surface area contributed by atoms with Gasteiger partial charge in [0.2, 0.25) is 0 Å². The summed E-state index contributed by atoms with van der Waals surface area (Å²) in [5, 5.41) is 10.1. The van der Waals surface area contributed by atoms with Crippen molar-refractivity contribution < 1.29 is 19.4 Å². The first-order valence-corrected chi connectivity index (χ1v) is 10.8. The molecular formula is C24H23Cl2NaO4. The first-order valence-electron chi connectivity index (χ1n) is 10.1. The minimum atomic E-state index is -1.01. The van der Waals surface area contributed by atoms with E-state index in [1.54, 1.807) is 30.3 Å². The number of aromatic carboxylic acids is 1. The molecule has 0 aliphatic heterocycles. The van der Waals surface area contributed by atoms with Crippen LogP contribution in [-0.2, 0) is 17.8 Å². The average molecular weight is 469 g/mol. The third-order valence-corrected chi connectivity index (χ3v) is 6.99. The molecule has 1 unspecified atom stereocenters. The molecule has 0 radical (unpaired) electrons. The Labute approximate surface area is 213 Å². The second-order valence-corrected chi connectivity index (χ2v) is 8.78. The Hall–Kier alpha value is -1.30. The van der Waals surface area contributed by atoms with E-state index in [1.807, 2.05) is 6.07 Å². The molecule has 0 saturated heterocycles. The molecule has 0 bridgehead atoms. The number of carboxylic acids is 1. The molecule has 1 atom stereocenters. The Morgan fingerprint density at radius 1 is 1.23 bits per heavy atom. The Bertz CT molecular complexity index is 1080. The van der Waals surface area contributed by atoms with Crippen LogP contribution in [0.5, 0.6) is 5.75 Å². The van der Waals surface area contributed by atoms with Gasteiger partial charge in [0.25, 0.3) is 0 Å². The van der Waals surface area contributed by atoms with E-state index in [0.29, 0.717) is 22.8 Å². The van der Waals surface area contributed by atoms with E-state index in [4.69, 9.17) is 27.9 Å². The summed E-state index contributed by atoms with van der Waals surface area (Å²) >= 11 is 13.2. The molecule has 2 aromatic carbocycles. The quantitative estimate of drug-likeness (QED) is 0.551. The monoisotopic (exact) mass is 468 g/mol. The standard InChI is InChI=1S/C24H22Cl2O4.Na.H/c1-2-8-24-9-7-16(27)11-18(24)20-15(12-24)10-19(21(25)22(20)26)30-13-14-5-3-4-6-17(14)23(28)29;;/h3-6,10-11H,2,7-9,12-13H2,1H3,(H,28,29);;. The zero-order valence-electron chi connectivity index (χ0n) is 16.6. The first-order chi connectivity index (χ1) is 14.4. The van der Waals surface area contributed by atoms with Gasteiger partial charge in [-0.25, -0.2) is 4.79 Å². The number of hydrogen-bond acceptors (Lipinski definition) is 3. The average Bonchev–Trinajstić information content (AvgIpc) is 3.03. The third kappa shape index (κ3) is 4.46. The Morgan fingerprint density at radius 3 is 2.68 bits per heavy atom. The first kappa shape index (κ1) is 24.3. The van der Waals surface area contributed by atoms with E-state index in [-0.39, 0.29) is 57.9 Å². The molecule has 1 N–H and O–H groups in total. The van der Waals surface area contributed by atoms with Crippen LogP contribution in [0.3, 0.4) is 0 Å². The number of fused-ring (bicyclic) bond motifs is 3. The number of carboxylic acid groups (broad SMARTS) is 1. The number of benzene rings is 2. The molecule has 4 rings (SSSR count). The number of allylic oxidation sites excluding steroid dienone is 2. The Kier molecular flexibility index (Phi) is 7.60. The van der Waals surface area contributed by atoms with Crippen LogP contribution in [-0.4, -0.2) is 46.4 Å². The molecule has 0 spiro atoms. The molecule has 0 fully saturated rings. The molecule has 2 aliphatic carbocycles. The van der Waals surface area contributed by atoms with Crippen molar-refractivity contribution in [1.82, 2.24) is 0 Å². The van der Waals surface area contributed by atoms with Gasteiger partial charge < -0.3 is 9.84 Å². The Morgan fingerprint density at radius 2 is 1.97 bits per heavy atom. The molecule has 0 heterocycles. The van der Waals surface area contributed by atoms with Crippen LogP contribution in [0.1, 0.15) is 59.7 Å². The fourth-order valence-electron chi connectivity index (χ4n) is 4.79. The maximum absolute atomic E-state index is 12.1. The zero-order valence-corrected chi connectivity index (χ0v) is 18.1. The van der Waals surface area contributed by atoms with Gasteiger partial charge in [0.1, 0.15) is 17.4 Å². The van der Waals surface area contributed by atoms with E-state index in [1.165, 1.54) is 0 Å². The SMILES string of the molecule is CCCC12CCC(=O)C=C1c1c(cc(OCc3ccccc3C(=O)O)c(Cl)c1Cl)C2.[NaH]. The minimum absolute atomic E-state index is 0. The van der Waals surface area contributed by atoms with Crippen LogP contribution in [0, 0.1) is 5.41 Å². The van der Waals surface area contributed by atoms with Gasteiger partial charge in [-0.3, -0.25) is 4.79 Å². The fraction of sp³-hybridized carbons (Fsp3) is 0.333. The van der Waals surface area contributed by atoms with Crippen molar-refractivity contribution in [3.63, 3.8) is 0 Å². The molecule has 2 aromatic rings. The predicted molar refractivity (Wildman–Crippen MR) is 125 cm³/mol. The Balaban J connectivity index is 0.00000272. The van der Waals surface area contributed by atoms with E-state index in [9.17, 15) is 14.7 Å². The summed E-state index contributed by atoms with van der Waals surface area (Å²) in [4.78, 5) is 23.6. The maximum atomic E-state index is 12.1. The van der Waals surface area contributed by atoms with Gasteiger partial charge in [0, 0.05) is 23.0 Å². The van der Waals surface area contributed by atoms with Gasteiger partial charge in [-0.2, -0.15) is 0 Å². The van der Waals surface area contributed by atoms with Crippen LogP contribution in [0.2, 0.25) is 10.0 Å². The van der Waals surface area contributed by atoms with E-state index in [2.05, 4.69) is 6.92 Å². The predicted octanol–water partition coefficient (Wildman–Crippen LogP) is 5.71. The van der Waals surface area contributed by atoms with Gasteiger partial charge in [-0.15, -0.1) is 0 Å². The molecule has 158 valence electrons. The summed E-state index contributed by atoms with van der Waals surface area (Å²) in [6.07, 6.45) is 5.91. The third-order valence-electron chi connectivity index (χ3n) is 6.14. The molecule has 7 heteroatoms. The molecule has 0 saturated carbocycles. The van der Waals surface area contributed by atoms with E-state index >= 15 is 0 Å². The normalized spacial score (nSPS) is 19.2. The van der Waals surface area contributed by atoms with Gasteiger partial charge in [-0.1, -0.05) is 54.7 Å². The van der Waals surface area contributed by atoms with Gasteiger partial charge in [0.15, 0.2) is 5.78 Å². The van der Waals surface area contributed by atoms with Crippen LogP contribution in [0.25, 0.3) is 5.57 Å². The van der Waals surface area contributed by atoms with Crippen LogP contribution < -0.4 is 4.74 Å². The van der Waals surface area contributed by atoms with Crippen LogP contribution in [0.4, 0.5) is 0 Å². The number of rotatable bonds is 6. The summed E-state index contributed by atoms with van der Waals surface area (Å²) < 4.78 is 5.92. The van der Waals surface area contributed by atoms with Crippen molar-refractivity contribution >= 4 is 70.1 Å². The fourth-order valence-corrected chi connectivity index (χ4v) is 5.31. The number of ketones is 1. The number of carbonyl (C=O) groups excluding carboxylic acids is 1. The molecular weight excluding hydrogens is 446 g/mol. The summed E-state index contributed by atoms with van der Waals surface area (Å²) in [6.45, 7) is 2.22. The topological polar surface area (TPSA) is 63.6 Å². The van der Waals surface area contributed by atoms with Gasteiger partial charge in [-0.05, 0) is 48.6 Å². The number of carbonyl (C=O) groups is 2. The van der Waals surface area contributed by atoms with Gasteiger partial charge in [0.05, 0.1) is 10.6 Å². The van der Waals surface area contributed by atoms with Gasteiger partial charge >= 0.3 is 35.5 Å². The second kappa shape index (κ2) is 9.68. The van der Waals surface area contributed by atoms with Crippen molar-refractivity contribution in [3.05, 3.63) is 68.7 Å². The number of hydrogen-bond donors (Lipinski definition) is 1. The molecule has 0 amide bonds. The second-order valence-electron chi connectivity index (χ2n) is 8.02. The van der Waals surface area contributed by atoms with E-state index in [0.717, 1.165) is 42.4 Å². The van der Waals surface area contributed by atoms with Crippen LogP contribution in [0.15, 0.2) is 36.4 Å². The zero-order chi connectivity index (χ0) is 21.5. The molecule has 0 aromatic heterocycles. The number of ether oxygens (including phenoxy) is 1. The van der Waals surface area contributed by atoms with Crippen molar-refractivity contribution in [2.45, 2.75) is 45.6 Å². The van der Waals surface area contributed by atoms with Crippen LogP contribution >= 0.6 is 23.2 Å². The van der Waals surface area contributed by atoms with Crippen molar-refractivity contribution in [2.24, 2.45) is 5.41 Å². The van der Waals surface area contributed by atoms with Crippen molar-refractivity contribution in [1.29, 1.82) is 0 Å². The molecule has 2 aliphatic rings. The number of halogens is 2. The summed E-state index contributed by atoms with van der Waals surface area (Å²) in [6, 6.07) is 8.60. The van der Waals surface area contributed by atoms with Crippen molar-refractivity contribution in [3.8, 4) is 5.75 Å². The molecule has 4 nitrogen and oxygen atoms in total. The van der Waals surface area contributed by atoms with E-state index < -0.39 is 5.97 Å². The molecule has 31 heavy (non-hydrogen) atoms. The van der Waals surface area contributed by atoms with Crippen molar-refractivity contribution in [2.75, 3.05) is 0 Å². The summed E-state index contributed by atoms with van der Waals surface area (Å²) in [7, 11) is 0. The summed E-state index contributed by atoms with van der Waals surface area (Å²) in [5.74, 6) is -0.449. The summed E-state index contributed by atoms with van der Waals surface area (Å²) in [5.41, 5.74) is 3.57.